The molecule has 5 heteroatoms. The van der Waals surface area contributed by atoms with Crippen LogP contribution in [-0.4, -0.2) is 11.5 Å². The first-order valence-corrected chi connectivity index (χ1v) is 3.57. The minimum atomic E-state index is -0.728. The Labute approximate surface area is 70.4 Å². The summed E-state index contributed by atoms with van der Waals surface area (Å²) in [7, 11) is 0. The Morgan fingerprint density at radius 3 is 2.50 bits per heavy atom. The number of hydrogen-bond donors (Lipinski definition) is 0. The maximum absolute atomic E-state index is 10.3. The van der Waals surface area contributed by atoms with Crippen LogP contribution in [-0.2, 0) is 4.74 Å². The molecule has 0 saturated heterocycles. The molecular formula is C7H10N2O3. The van der Waals surface area contributed by atoms with E-state index in [0.29, 0.717) is 13.0 Å². The zero-order valence-corrected chi connectivity index (χ0v) is 7.03. The van der Waals surface area contributed by atoms with Gasteiger partial charge in [0.2, 0.25) is 0 Å². The Morgan fingerprint density at radius 1 is 1.67 bits per heavy atom. The van der Waals surface area contributed by atoms with Crippen LogP contribution < -0.4 is 0 Å². The predicted octanol–water partition coefficient (Wildman–Crippen LogP) is 1.44. The van der Waals surface area contributed by atoms with E-state index >= 15 is 0 Å². The van der Waals surface area contributed by atoms with Crippen LogP contribution in [0.3, 0.4) is 0 Å². The van der Waals surface area contributed by atoms with Crippen LogP contribution in [0.15, 0.2) is 11.5 Å². The zero-order chi connectivity index (χ0) is 9.56. The normalized spacial score (nSPS) is 11.4. The highest BCUT2D eigenvalue weighted by molar-refractivity contribution is 5.16. The second kappa shape index (κ2) is 5.13. The van der Waals surface area contributed by atoms with Crippen molar-refractivity contribution in [2.45, 2.75) is 20.3 Å². The van der Waals surface area contributed by atoms with Crippen LogP contribution in [0.5, 0.6) is 0 Å². The minimum Gasteiger partial charge on any atom is -0.490 e. The van der Waals surface area contributed by atoms with E-state index in [4.69, 9.17) is 10.00 Å². The number of allylic oxidation sites excluding steroid dienone is 2. The van der Waals surface area contributed by atoms with Gasteiger partial charge in [0.25, 0.3) is 0 Å². The van der Waals surface area contributed by atoms with Gasteiger partial charge in [0.05, 0.1) is 11.5 Å². The van der Waals surface area contributed by atoms with E-state index in [1.165, 1.54) is 6.07 Å². The van der Waals surface area contributed by atoms with E-state index in [1.54, 1.807) is 13.8 Å². The lowest BCUT2D eigenvalue weighted by Crippen LogP contribution is -2.03. The largest absolute Gasteiger partial charge is 0.490 e. The Kier molecular flexibility index (Phi) is 4.46. The molecule has 0 radical (unpaired) electrons. The maximum atomic E-state index is 10.3. The van der Waals surface area contributed by atoms with Gasteiger partial charge in [-0.15, -0.1) is 0 Å². The van der Waals surface area contributed by atoms with E-state index in [0.717, 1.165) is 0 Å². The standard InChI is InChI=1S/C7H10N2O3/c1-3-7(12-4-2)6(5-8)9(10)11/h3-4H2,1-2H3/b7-6-. The van der Waals surface area contributed by atoms with Crippen molar-refractivity contribution in [1.82, 2.24) is 0 Å². The molecule has 5 nitrogen and oxygen atoms in total. The highest BCUT2D eigenvalue weighted by Crippen LogP contribution is 2.09. The van der Waals surface area contributed by atoms with Gasteiger partial charge < -0.3 is 4.74 Å². The Hall–Kier alpha value is -1.57. The fourth-order valence-corrected chi connectivity index (χ4v) is 0.717. The SMILES string of the molecule is CCO/C(CC)=C(/C#N)[N+](=O)[O-]. The molecule has 0 aromatic carbocycles. The molecule has 0 aromatic heterocycles. The summed E-state index contributed by atoms with van der Waals surface area (Å²) >= 11 is 0. The second-order valence-corrected chi connectivity index (χ2v) is 1.93. The van der Waals surface area contributed by atoms with Gasteiger partial charge in [-0.1, -0.05) is 6.92 Å². The van der Waals surface area contributed by atoms with E-state index < -0.39 is 10.6 Å². The summed E-state index contributed by atoms with van der Waals surface area (Å²) in [6.07, 6.45) is 0.359. The second-order valence-electron chi connectivity index (χ2n) is 1.93. The summed E-state index contributed by atoms with van der Waals surface area (Å²) in [6, 6.07) is 1.49. The van der Waals surface area contributed by atoms with Crippen molar-refractivity contribution < 1.29 is 9.66 Å². The van der Waals surface area contributed by atoms with Crippen molar-refractivity contribution in [1.29, 1.82) is 5.26 Å². The van der Waals surface area contributed by atoms with E-state index in [2.05, 4.69) is 0 Å². The molecule has 0 aromatic rings. The highest BCUT2D eigenvalue weighted by Gasteiger charge is 2.17. The van der Waals surface area contributed by atoms with Crippen molar-refractivity contribution in [3.63, 3.8) is 0 Å². The van der Waals surface area contributed by atoms with Crippen molar-refractivity contribution in [2.75, 3.05) is 6.61 Å². The molecule has 12 heavy (non-hydrogen) atoms. The molecule has 66 valence electrons. The average Bonchev–Trinajstić information content (AvgIpc) is 2.03. The molecule has 0 spiro atoms. The van der Waals surface area contributed by atoms with E-state index in [-0.39, 0.29) is 5.76 Å². The zero-order valence-electron chi connectivity index (χ0n) is 7.03. The fraction of sp³-hybridized carbons (Fsp3) is 0.571. The molecular weight excluding hydrogens is 160 g/mol. The van der Waals surface area contributed by atoms with Gasteiger partial charge in [-0.3, -0.25) is 10.1 Å². The first-order valence-electron chi connectivity index (χ1n) is 3.57. The van der Waals surface area contributed by atoms with Crippen molar-refractivity contribution >= 4 is 0 Å². The van der Waals surface area contributed by atoms with Crippen molar-refractivity contribution in [2.24, 2.45) is 0 Å². The lowest BCUT2D eigenvalue weighted by Gasteiger charge is -2.02. The number of nitriles is 1. The molecule has 0 rings (SSSR count). The Balaban J connectivity index is 4.77. The Bertz CT molecular complexity index is 240. The summed E-state index contributed by atoms with van der Waals surface area (Å²) in [5.41, 5.74) is -0.501. The van der Waals surface area contributed by atoms with Crippen LogP contribution in [0.1, 0.15) is 20.3 Å². The van der Waals surface area contributed by atoms with Crippen molar-refractivity contribution in [3.05, 3.63) is 21.6 Å². The molecule has 0 fully saturated rings. The maximum Gasteiger partial charge on any atom is 0.382 e. The van der Waals surface area contributed by atoms with Crippen LogP contribution in [0.2, 0.25) is 0 Å². The number of nitro groups is 1. The van der Waals surface area contributed by atoms with Crippen LogP contribution in [0.4, 0.5) is 0 Å². The molecule has 0 bridgehead atoms. The van der Waals surface area contributed by atoms with Gasteiger partial charge in [-0.05, 0) is 6.92 Å². The molecule has 0 aliphatic rings. The fourth-order valence-electron chi connectivity index (χ4n) is 0.717. The summed E-state index contributed by atoms with van der Waals surface area (Å²) < 4.78 is 4.92. The van der Waals surface area contributed by atoms with Gasteiger partial charge >= 0.3 is 5.70 Å². The first kappa shape index (κ1) is 10.4. The number of ether oxygens (including phenoxy) is 1. The summed E-state index contributed by atoms with van der Waals surface area (Å²) in [4.78, 5) is 9.52. The lowest BCUT2D eigenvalue weighted by molar-refractivity contribution is -0.420. The molecule has 0 saturated carbocycles. The molecule has 0 aliphatic carbocycles. The monoisotopic (exact) mass is 170 g/mol. The third kappa shape index (κ3) is 2.58. The number of hydrogen-bond acceptors (Lipinski definition) is 4. The quantitative estimate of drug-likeness (QED) is 0.277. The summed E-state index contributed by atoms with van der Waals surface area (Å²) in [5.74, 6) is 0.144. The summed E-state index contributed by atoms with van der Waals surface area (Å²) in [5, 5.41) is 18.6. The molecule has 0 N–H and O–H groups in total. The number of rotatable bonds is 4. The van der Waals surface area contributed by atoms with Gasteiger partial charge in [-0.2, -0.15) is 5.26 Å². The average molecular weight is 170 g/mol. The van der Waals surface area contributed by atoms with Crippen LogP contribution in [0.25, 0.3) is 0 Å². The highest BCUT2D eigenvalue weighted by atomic mass is 16.6. The smallest absolute Gasteiger partial charge is 0.382 e. The molecule has 0 atom stereocenters. The molecule has 0 aliphatic heterocycles. The van der Waals surface area contributed by atoms with E-state index in [9.17, 15) is 10.1 Å². The predicted molar refractivity (Wildman–Crippen MR) is 41.6 cm³/mol. The van der Waals surface area contributed by atoms with Crippen LogP contribution >= 0.6 is 0 Å². The summed E-state index contributed by atoms with van der Waals surface area (Å²) in [6.45, 7) is 3.75. The van der Waals surface area contributed by atoms with E-state index in [1.807, 2.05) is 0 Å². The Morgan fingerprint density at radius 2 is 2.25 bits per heavy atom. The van der Waals surface area contributed by atoms with Gasteiger partial charge in [0, 0.05) is 6.42 Å². The van der Waals surface area contributed by atoms with Crippen LogP contribution in [0, 0.1) is 21.4 Å². The lowest BCUT2D eigenvalue weighted by atomic mass is 10.3. The first-order chi connectivity index (χ1) is 5.67. The minimum absolute atomic E-state index is 0.144. The van der Waals surface area contributed by atoms with Crippen molar-refractivity contribution in [3.8, 4) is 6.07 Å². The molecule has 0 heterocycles. The molecule has 0 unspecified atom stereocenters. The van der Waals surface area contributed by atoms with Gasteiger partial charge in [-0.25, -0.2) is 0 Å². The van der Waals surface area contributed by atoms with Gasteiger partial charge in [0.15, 0.2) is 11.8 Å². The third-order valence-corrected chi connectivity index (χ3v) is 1.19. The topological polar surface area (TPSA) is 76.2 Å². The number of nitrogens with zero attached hydrogens (tertiary/aromatic N) is 2. The van der Waals surface area contributed by atoms with Gasteiger partial charge in [0.1, 0.15) is 0 Å². The molecule has 0 amide bonds. The third-order valence-electron chi connectivity index (χ3n) is 1.19.